The van der Waals surface area contributed by atoms with Gasteiger partial charge in [0.2, 0.25) is 0 Å². The van der Waals surface area contributed by atoms with Gasteiger partial charge in [-0.3, -0.25) is 0 Å². The minimum atomic E-state index is -0.618. The Kier molecular flexibility index (Phi) is 3.42. The monoisotopic (exact) mass is 110 g/mol. The molecule has 0 saturated heterocycles. The molecule has 3 heteroatoms. The molecule has 0 rings (SSSR count). The van der Waals surface area contributed by atoms with E-state index in [-0.39, 0.29) is 6.42 Å². The molecular formula is C5H6N2O. The lowest BCUT2D eigenvalue weighted by Crippen LogP contribution is -1.97. The molecule has 0 spiro atoms. The summed E-state index contributed by atoms with van der Waals surface area (Å²) in [4.78, 5) is 9.80. The Morgan fingerprint density at radius 1 is 1.88 bits per heavy atom. The minimum absolute atomic E-state index is 0.236. The molecule has 0 aliphatic heterocycles. The number of nitrogens with zero attached hydrogens (tertiary/aromatic N) is 1. The highest BCUT2D eigenvalue weighted by atomic mass is 16.1. The molecule has 0 radical (unpaired) electrons. The zero-order valence-corrected chi connectivity index (χ0v) is 4.29. The molecular weight excluding hydrogens is 104 g/mol. The molecule has 0 bridgehead atoms. The fourth-order valence-corrected chi connectivity index (χ4v) is 0.266. The molecule has 0 aromatic heterocycles. The Balaban J connectivity index is 3.56. The summed E-state index contributed by atoms with van der Waals surface area (Å²) >= 11 is 0. The molecule has 1 atom stereocenters. The van der Waals surface area contributed by atoms with Gasteiger partial charge < -0.3 is 10.2 Å². The first-order valence-corrected chi connectivity index (χ1v) is 2.19. The highest BCUT2D eigenvalue weighted by Gasteiger charge is 1.99. The van der Waals surface area contributed by atoms with Crippen molar-refractivity contribution in [2.24, 2.45) is 5.92 Å². The van der Waals surface area contributed by atoms with Gasteiger partial charge in [0.1, 0.15) is 12.2 Å². The number of hydrogen-bond donors (Lipinski definition) is 1. The van der Waals surface area contributed by atoms with Crippen molar-refractivity contribution in [1.29, 1.82) is 10.7 Å². The summed E-state index contributed by atoms with van der Waals surface area (Å²) < 4.78 is 0. The average Bonchev–Trinajstić information content (AvgIpc) is 1.83. The minimum Gasteiger partial charge on any atom is -0.313 e. The second kappa shape index (κ2) is 4.00. The molecule has 8 heavy (non-hydrogen) atoms. The van der Waals surface area contributed by atoms with Crippen LogP contribution in [0, 0.1) is 22.7 Å². The van der Waals surface area contributed by atoms with Gasteiger partial charge in [0.25, 0.3) is 0 Å². The van der Waals surface area contributed by atoms with Crippen LogP contribution in [0.1, 0.15) is 6.42 Å². The van der Waals surface area contributed by atoms with Gasteiger partial charge in [-0.2, -0.15) is 5.26 Å². The molecule has 0 saturated carbocycles. The lowest BCUT2D eigenvalue weighted by atomic mass is 10.1. The van der Waals surface area contributed by atoms with Crippen molar-refractivity contribution < 1.29 is 4.79 Å². The number of carbonyl (C=O) groups excluding carboxylic acids is 1. The van der Waals surface area contributed by atoms with Crippen molar-refractivity contribution in [2.75, 3.05) is 0 Å². The number of carbonyl (C=O) groups is 1. The maximum absolute atomic E-state index is 9.80. The van der Waals surface area contributed by atoms with Crippen LogP contribution >= 0.6 is 0 Å². The van der Waals surface area contributed by atoms with Crippen LogP contribution in [0.15, 0.2) is 0 Å². The van der Waals surface area contributed by atoms with E-state index in [1.165, 1.54) is 0 Å². The molecule has 3 nitrogen and oxygen atoms in total. The maximum Gasteiger partial charge on any atom is 0.137 e. The van der Waals surface area contributed by atoms with Crippen LogP contribution < -0.4 is 0 Å². The normalized spacial score (nSPS) is 11.4. The standard InChI is InChI=1S/C5H6N2O/c6-2-1-5(3-7)4-8/h2,4-6H,1H2. The molecule has 0 heterocycles. The predicted octanol–water partition coefficient (Wildman–Crippen LogP) is 0.365. The molecule has 1 N–H and O–H groups in total. The molecule has 0 aliphatic carbocycles. The van der Waals surface area contributed by atoms with Crippen LogP contribution in [0.25, 0.3) is 0 Å². The van der Waals surface area contributed by atoms with Crippen molar-refractivity contribution in [3.05, 3.63) is 0 Å². The van der Waals surface area contributed by atoms with Gasteiger partial charge in [-0.25, -0.2) is 0 Å². The number of nitriles is 1. The highest BCUT2D eigenvalue weighted by Crippen LogP contribution is 1.91. The lowest BCUT2D eigenvalue weighted by molar-refractivity contribution is -0.109. The van der Waals surface area contributed by atoms with E-state index in [2.05, 4.69) is 0 Å². The number of hydrogen-bond acceptors (Lipinski definition) is 3. The van der Waals surface area contributed by atoms with Crippen molar-refractivity contribution in [1.82, 2.24) is 0 Å². The fraction of sp³-hybridized carbons (Fsp3) is 0.400. The highest BCUT2D eigenvalue weighted by molar-refractivity contribution is 5.65. The van der Waals surface area contributed by atoms with Gasteiger partial charge in [0, 0.05) is 6.42 Å². The fourth-order valence-electron chi connectivity index (χ4n) is 0.266. The summed E-state index contributed by atoms with van der Waals surface area (Å²) in [5.74, 6) is -0.618. The molecule has 0 amide bonds. The van der Waals surface area contributed by atoms with Crippen molar-refractivity contribution >= 4 is 12.5 Å². The Morgan fingerprint density at radius 2 is 2.50 bits per heavy atom. The van der Waals surface area contributed by atoms with E-state index in [0.29, 0.717) is 6.29 Å². The third-order valence-corrected chi connectivity index (χ3v) is 0.702. The van der Waals surface area contributed by atoms with Gasteiger partial charge >= 0.3 is 0 Å². The molecule has 1 unspecified atom stereocenters. The molecule has 42 valence electrons. The third-order valence-electron chi connectivity index (χ3n) is 0.702. The van der Waals surface area contributed by atoms with Crippen LogP contribution in [-0.2, 0) is 4.79 Å². The van der Waals surface area contributed by atoms with E-state index in [4.69, 9.17) is 10.7 Å². The average molecular weight is 110 g/mol. The summed E-state index contributed by atoms with van der Waals surface area (Å²) in [6.07, 6.45) is 1.84. The summed E-state index contributed by atoms with van der Waals surface area (Å²) in [5, 5.41) is 14.6. The SMILES string of the molecule is N#CC(C=O)CC=N. The Bertz CT molecular complexity index is 125. The van der Waals surface area contributed by atoms with E-state index in [0.717, 1.165) is 6.21 Å². The third kappa shape index (κ3) is 2.08. The van der Waals surface area contributed by atoms with Crippen molar-refractivity contribution in [2.45, 2.75) is 6.42 Å². The van der Waals surface area contributed by atoms with Crippen molar-refractivity contribution in [3.8, 4) is 6.07 Å². The molecule has 0 aliphatic rings. The first kappa shape index (κ1) is 6.83. The maximum atomic E-state index is 9.80. The smallest absolute Gasteiger partial charge is 0.137 e. The summed E-state index contributed by atoms with van der Waals surface area (Å²) in [5.41, 5.74) is 0. The first-order valence-electron chi connectivity index (χ1n) is 2.19. The number of nitrogens with one attached hydrogen (secondary N) is 1. The van der Waals surface area contributed by atoms with E-state index in [9.17, 15) is 4.79 Å². The van der Waals surface area contributed by atoms with Crippen LogP contribution in [0.2, 0.25) is 0 Å². The van der Waals surface area contributed by atoms with Crippen molar-refractivity contribution in [3.63, 3.8) is 0 Å². The summed E-state index contributed by atoms with van der Waals surface area (Å²) in [6.45, 7) is 0. The van der Waals surface area contributed by atoms with Crippen LogP contribution in [-0.4, -0.2) is 12.5 Å². The summed E-state index contributed by atoms with van der Waals surface area (Å²) in [7, 11) is 0. The van der Waals surface area contributed by atoms with Gasteiger partial charge in [-0.15, -0.1) is 0 Å². The first-order chi connectivity index (χ1) is 3.85. The molecule has 0 fully saturated rings. The largest absolute Gasteiger partial charge is 0.313 e. The second-order valence-electron chi connectivity index (χ2n) is 1.31. The van der Waals surface area contributed by atoms with E-state index < -0.39 is 5.92 Å². The number of rotatable bonds is 3. The van der Waals surface area contributed by atoms with E-state index in [1.807, 2.05) is 0 Å². The van der Waals surface area contributed by atoms with Crippen LogP contribution in [0.4, 0.5) is 0 Å². The van der Waals surface area contributed by atoms with Gasteiger partial charge in [0.05, 0.1) is 6.07 Å². The lowest BCUT2D eigenvalue weighted by Gasteiger charge is -1.87. The van der Waals surface area contributed by atoms with Crippen LogP contribution in [0.3, 0.4) is 0 Å². The van der Waals surface area contributed by atoms with Gasteiger partial charge in [0.15, 0.2) is 0 Å². The molecule has 0 aromatic carbocycles. The Hall–Kier alpha value is -1.17. The van der Waals surface area contributed by atoms with Gasteiger partial charge in [-0.1, -0.05) is 0 Å². The zero-order valence-electron chi connectivity index (χ0n) is 4.29. The van der Waals surface area contributed by atoms with E-state index in [1.54, 1.807) is 6.07 Å². The second-order valence-corrected chi connectivity index (χ2v) is 1.31. The van der Waals surface area contributed by atoms with E-state index >= 15 is 0 Å². The summed E-state index contributed by atoms with van der Waals surface area (Å²) in [6, 6.07) is 1.73. The zero-order chi connectivity index (χ0) is 6.41. The molecule has 0 aromatic rings. The van der Waals surface area contributed by atoms with Gasteiger partial charge in [-0.05, 0) is 6.21 Å². The Morgan fingerprint density at radius 3 is 2.62 bits per heavy atom. The topological polar surface area (TPSA) is 64.7 Å². The Labute approximate surface area is 47.4 Å². The quantitative estimate of drug-likeness (QED) is 0.421. The predicted molar refractivity (Wildman–Crippen MR) is 28.6 cm³/mol. The number of aldehydes is 1. The van der Waals surface area contributed by atoms with Crippen LogP contribution in [0.5, 0.6) is 0 Å².